The van der Waals surface area contributed by atoms with E-state index in [9.17, 15) is 14.7 Å². The third-order valence-corrected chi connectivity index (χ3v) is 5.38. The minimum atomic E-state index is -1.06. The Morgan fingerprint density at radius 2 is 1.85 bits per heavy atom. The van der Waals surface area contributed by atoms with E-state index in [1.165, 1.54) is 16.7 Å². The summed E-state index contributed by atoms with van der Waals surface area (Å²) in [6, 6.07) is 12.4. The molecule has 1 aromatic heterocycles. The van der Waals surface area contributed by atoms with Gasteiger partial charge in [0.1, 0.15) is 5.72 Å². The zero-order valence-electron chi connectivity index (χ0n) is 14.9. The fourth-order valence-corrected chi connectivity index (χ4v) is 3.98. The monoisotopic (exact) mass is 370 g/mol. The third kappa shape index (κ3) is 3.36. The number of benzene rings is 1. The average molecular weight is 370 g/mol. The van der Waals surface area contributed by atoms with E-state index in [0.29, 0.717) is 12.8 Å². The number of rotatable bonds is 4. The fraction of sp³-hybridized carbons (Fsp3) is 0.400. The minimum Gasteiger partial charge on any atom is -0.480 e. The zero-order chi connectivity index (χ0) is 18.9. The van der Waals surface area contributed by atoms with Crippen LogP contribution in [0.3, 0.4) is 0 Å². The van der Waals surface area contributed by atoms with Crippen molar-refractivity contribution in [3.63, 3.8) is 0 Å². The third-order valence-electron chi connectivity index (χ3n) is 5.38. The number of nitrogens with zero attached hydrogens (tertiary/aromatic N) is 2. The normalized spacial score (nSPS) is 22.2. The number of carbonyl (C=O) groups is 2. The van der Waals surface area contributed by atoms with E-state index in [1.54, 1.807) is 12.1 Å². The molecular weight excluding hydrogens is 348 g/mol. The van der Waals surface area contributed by atoms with E-state index in [0.717, 1.165) is 19.6 Å². The van der Waals surface area contributed by atoms with Crippen molar-refractivity contribution in [2.24, 2.45) is 0 Å². The number of carbonyl (C=O) groups excluding carboxylic acids is 1. The largest absolute Gasteiger partial charge is 0.480 e. The highest BCUT2D eigenvalue weighted by Crippen LogP contribution is 2.38. The van der Waals surface area contributed by atoms with E-state index in [4.69, 9.17) is 9.15 Å². The summed E-state index contributed by atoms with van der Waals surface area (Å²) in [5, 5.41) is 9.58. The van der Waals surface area contributed by atoms with Crippen LogP contribution in [0.5, 0.6) is 0 Å². The van der Waals surface area contributed by atoms with Crippen LogP contribution in [0.4, 0.5) is 0 Å². The summed E-state index contributed by atoms with van der Waals surface area (Å²) in [7, 11) is 0. The number of carboxylic acid groups (broad SMARTS) is 1. The molecule has 7 heteroatoms. The van der Waals surface area contributed by atoms with Gasteiger partial charge in [0.05, 0.1) is 12.9 Å². The van der Waals surface area contributed by atoms with E-state index >= 15 is 0 Å². The van der Waals surface area contributed by atoms with Crippen LogP contribution in [-0.4, -0.2) is 58.2 Å². The molecule has 1 spiro atoms. The second kappa shape index (κ2) is 7.17. The Kier molecular flexibility index (Phi) is 4.72. The van der Waals surface area contributed by atoms with Gasteiger partial charge in [0.25, 0.3) is 5.91 Å². The van der Waals surface area contributed by atoms with Gasteiger partial charge >= 0.3 is 5.97 Å². The predicted molar refractivity (Wildman–Crippen MR) is 95.9 cm³/mol. The van der Waals surface area contributed by atoms with Gasteiger partial charge in [-0.2, -0.15) is 0 Å². The van der Waals surface area contributed by atoms with Crippen LogP contribution in [0.25, 0.3) is 0 Å². The Hall–Kier alpha value is -2.64. The number of ether oxygens (including phenoxy) is 1. The Morgan fingerprint density at radius 1 is 1.11 bits per heavy atom. The lowest BCUT2D eigenvalue weighted by Gasteiger charge is -2.44. The molecule has 0 radical (unpaired) electrons. The van der Waals surface area contributed by atoms with E-state index in [-0.39, 0.29) is 12.4 Å². The van der Waals surface area contributed by atoms with Crippen LogP contribution in [0.1, 0.15) is 29.0 Å². The number of aliphatic carboxylic acids is 1. The lowest BCUT2D eigenvalue weighted by molar-refractivity contribution is -0.144. The van der Waals surface area contributed by atoms with Crippen molar-refractivity contribution in [3.8, 4) is 0 Å². The SMILES string of the molecule is O=C(O)[C@H]1COC2(CCN(Cc3ccccc3)CC2)N1C(=O)c1ccco1. The van der Waals surface area contributed by atoms with Gasteiger partial charge in [-0.25, -0.2) is 4.79 Å². The van der Waals surface area contributed by atoms with Crippen LogP contribution in [-0.2, 0) is 16.1 Å². The molecule has 2 fully saturated rings. The first-order valence-corrected chi connectivity index (χ1v) is 9.09. The molecule has 1 N–H and O–H groups in total. The summed E-state index contributed by atoms with van der Waals surface area (Å²) in [5.74, 6) is -1.35. The molecule has 2 saturated heterocycles. The zero-order valence-corrected chi connectivity index (χ0v) is 14.9. The number of furan rings is 1. The van der Waals surface area contributed by atoms with Gasteiger partial charge in [0.2, 0.25) is 0 Å². The Morgan fingerprint density at radius 3 is 2.48 bits per heavy atom. The van der Waals surface area contributed by atoms with Crippen LogP contribution in [0.2, 0.25) is 0 Å². The maximum atomic E-state index is 12.9. The Bertz CT molecular complexity index is 797. The van der Waals surface area contributed by atoms with E-state index < -0.39 is 23.6 Å². The van der Waals surface area contributed by atoms with Crippen LogP contribution in [0, 0.1) is 0 Å². The highest BCUT2D eigenvalue weighted by Gasteiger charge is 2.54. The summed E-state index contributed by atoms with van der Waals surface area (Å²) in [6.07, 6.45) is 2.54. The van der Waals surface area contributed by atoms with Crippen molar-refractivity contribution < 1.29 is 23.8 Å². The first-order valence-electron chi connectivity index (χ1n) is 9.09. The molecule has 3 heterocycles. The molecule has 1 aromatic carbocycles. The molecule has 2 aliphatic heterocycles. The number of carboxylic acids is 1. The summed E-state index contributed by atoms with van der Waals surface area (Å²) in [4.78, 5) is 28.3. The van der Waals surface area contributed by atoms with Crippen LogP contribution in [0.15, 0.2) is 53.1 Å². The number of amides is 1. The fourth-order valence-electron chi connectivity index (χ4n) is 3.98. The van der Waals surface area contributed by atoms with Gasteiger partial charge in [-0.05, 0) is 17.7 Å². The van der Waals surface area contributed by atoms with Gasteiger partial charge in [-0.1, -0.05) is 30.3 Å². The highest BCUT2D eigenvalue weighted by atomic mass is 16.5. The van der Waals surface area contributed by atoms with Crippen molar-refractivity contribution in [2.75, 3.05) is 19.7 Å². The molecule has 27 heavy (non-hydrogen) atoms. The van der Waals surface area contributed by atoms with Crippen molar-refractivity contribution in [1.82, 2.24) is 9.80 Å². The number of hydrogen-bond donors (Lipinski definition) is 1. The molecule has 2 aliphatic rings. The first kappa shape index (κ1) is 17.8. The molecular formula is C20H22N2O5. The Balaban J connectivity index is 1.51. The number of piperidine rings is 1. The van der Waals surface area contributed by atoms with Gasteiger partial charge in [0, 0.05) is 32.5 Å². The molecule has 1 atom stereocenters. The van der Waals surface area contributed by atoms with Crippen LogP contribution >= 0.6 is 0 Å². The summed E-state index contributed by atoms with van der Waals surface area (Å²) >= 11 is 0. The topological polar surface area (TPSA) is 83.2 Å². The smallest absolute Gasteiger partial charge is 0.328 e. The van der Waals surface area contributed by atoms with Crippen molar-refractivity contribution in [2.45, 2.75) is 31.2 Å². The Labute approximate surface area is 157 Å². The highest BCUT2D eigenvalue weighted by molar-refractivity contribution is 5.95. The minimum absolute atomic E-state index is 0.000463. The van der Waals surface area contributed by atoms with Crippen molar-refractivity contribution in [3.05, 3.63) is 60.1 Å². The molecule has 2 aromatic rings. The predicted octanol–water partition coefficient (Wildman–Crippen LogP) is 2.20. The number of likely N-dealkylation sites (tertiary alicyclic amines) is 1. The maximum Gasteiger partial charge on any atom is 0.328 e. The summed E-state index contributed by atoms with van der Waals surface area (Å²) in [6.45, 7) is 2.28. The summed E-state index contributed by atoms with van der Waals surface area (Å²) < 4.78 is 11.2. The standard InChI is InChI=1S/C20H22N2O5/c23-18(17-7-4-12-26-17)22-16(19(24)25)14-27-20(22)8-10-21(11-9-20)13-15-5-2-1-3-6-15/h1-7,12,16H,8-11,13-14H2,(H,24,25)/t16-/m1/s1. The molecule has 142 valence electrons. The van der Waals surface area contributed by atoms with Gasteiger partial charge in [0.15, 0.2) is 11.8 Å². The van der Waals surface area contributed by atoms with Gasteiger partial charge < -0.3 is 14.3 Å². The summed E-state index contributed by atoms with van der Waals surface area (Å²) in [5.41, 5.74) is 0.341. The quantitative estimate of drug-likeness (QED) is 0.888. The maximum absolute atomic E-state index is 12.9. The molecule has 0 unspecified atom stereocenters. The molecule has 0 bridgehead atoms. The molecule has 0 saturated carbocycles. The lowest BCUT2D eigenvalue weighted by atomic mass is 9.97. The average Bonchev–Trinajstić information content (AvgIpc) is 3.33. The van der Waals surface area contributed by atoms with Crippen molar-refractivity contribution in [1.29, 1.82) is 0 Å². The van der Waals surface area contributed by atoms with Crippen LogP contribution < -0.4 is 0 Å². The molecule has 1 amide bonds. The van der Waals surface area contributed by atoms with E-state index in [1.807, 2.05) is 18.2 Å². The molecule has 7 nitrogen and oxygen atoms in total. The van der Waals surface area contributed by atoms with Gasteiger partial charge in [-0.15, -0.1) is 0 Å². The molecule has 0 aliphatic carbocycles. The van der Waals surface area contributed by atoms with Gasteiger partial charge in [-0.3, -0.25) is 14.6 Å². The first-order chi connectivity index (χ1) is 13.1. The number of hydrogen-bond acceptors (Lipinski definition) is 5. The van der Waals surface area contributed by atoms with E-state index in [2.05, 4.69) is 17.0 Å². The second-order valence-electron chi connectivity index (χ2n) is 7.03. The second-order valence-corrected chi connectivity index (χ2v) is 7.03. The van der Waals surface area contributed by atoms with Crippen molar-refractivity contribution >= 4 is 11.9 Å². The lowest BCUT2D eigenvalue weighted by Crippen LogP contribution is -2.58. The molecule has 4 rings (SSSR count).